The van der Waals surface area contributed by atoms with Crippen molar-refractivity contribution in [2.45, 2.75) is 0 Å². The van der Waals surface area contributed by atoms with Gasteiger partial charge in [-0.1, -0.05) is 42.5 Å². The van der Waals surface area contributed by atoms with Crippen LogP contribution in [-0.4, -0.2) is 27.2 Å². The summed E-state index contributed by atoms with van der Waals surface area (Å²) in [5, 5.41) is 20.1. The van der Waals surface area contributed by atoms with Gasteiger partial charge in [-0.2, -0.15) is 5.26 Å². The first-order chi connectivity index (χ1) is 15.1. The van der Waals surface area contributed by atoms with E-state index in [1.807, 2.05) is 30.3 Å². The van der Waals surface area contributed by atoms with E-state index in [4.69, 9.17) is 11.3 Å². The SMILES string of the molecule is [C-]#[N+]c1ccc(C#N)c(-c2nc(-c3ccccc3)nc(-c3ccc(OC)cc3O)n2)c1. The van der Waals surface area contributed by atoms with Crippen LogP contribution in [0.2, 0.25) is 0 Å². The standard InChI is InChI=1S/C24H15N5O2/c1-26-17-9-8-16(14-25)20(12-17)24-28-22(15-6-4-3-5-7-15)27-23(29-24)19-11-10-18(31-2)13-21(19)30/h3-13,30H,2H3. The Morgan fingerprint density at radius 1 is 0.903 bits per heavy atom. The summed E-state index contributed by atoms with van der Waals surface area (Å²) >= 11 is 0. The van der Waals surface area contributed by atoms with Crippen molar-refractivity contribution in [3.8, 4) is 51.7 Å². The normalized spacial score (nSPS) is 10.2. The Kier molecular flexibility index (Phi) is 5.25. The maximum Gasteiger partial charge on any atom is 0.188 e. The van der Waals surface area contributed by atoms with Gasteiger partial charge in [-0.15, -0.1) is 0 Å². The second kappa shape index (κ2) is 8.32. The lowest BCUT2D eigenvalue weighted by Crippen LogP contribution is -2.01. The smallest absolute Gasteiger partial charge is 0.188 e. The third-order valence-corrected chi connectivity index (χ3v) is 4.61. The Bertz CT molecular complexity index is 1350. The van der Waals surface area contributed by atoms with Crippen molar-refractivity contribution in [3.05, 3.63) is 83.7 Å². The fourth-order valence-corrected chi connectivity index (χ4v) is 3.04. The van der Waals surface area contributed by atoms with Crippen molar-refractivity contribution in [1.29, 1.82) is 5.26 Å². The van der Waals surface area contributed by atoms with Gasteiger partial charge in [-0.25, -0.2) is 19.8 Å². The molecule has 1 N–H and O–H groups in total. The summed E-state index contributed by atoms with van der Waals surface area (Å²) in [6, 6.07) is 21.0. The summed E-state index contributed by atoms with van der Waals surface area (Å²) in [5.41, 5.74) is 2.26. The second-order valence-electron chi connectivity index (χ2n) is 6.51. The number of ether oxygens (including phenoxy) is 1. The minimum absolute atomic E-state index is 0.0501. The van der Waals surface area contributed by atoms with Crippen molar-refractivity contribution in [2.75, 3.05) is 7.11 Å². The van der Waals surface area contributed by atoms with Crippen LogP contribution in [0.1, 0.15) is 5.56 Å². The highest BCUT2D eigenvalue weighted by Crippen LogP contribution is 2.33. The van der Waals surface area contributed by atoms with Crippen LogP contribution in [0.3, 0.4) is 0 Å². The van der Waals surface area contributed by atoms with Gasteiger partial charge in [0.1, 0.15) is 11.5 Å². The van der Waals surface area contributed by atoms with Gasteiger partial charge >= 0.3 is 0 Å². The Balaban J connectivity index is 1.98. The van der Waals surface area contributed by atoms with Crippen molar-refractivity contribution >= 4 is 5.69 Å². The van der Waals surface area contributed by atoms with Crippen LogP contribution in [-0.2, 0) is 0 Å². The highest BCUT2D eigenvalue weighted by atomic mass is 16.5. The molecular formula is C24H15N5O2. The number of aromatic nitrogens is 3. The van der Waals surface area contributed by atoms with E-state index in [0.29, 0.717) is 34.0 Å². The zero-order valence-corrected chi connectivity index (χ0v) is 16.4. The molecule has 148 valence electrons. The van der Waals surface area contributed by atoms with Gasteiger partial charge in [-0.3, -0.25) is 0 Å². The molecule has 0 amide bonds. The highest BCUT2D eigenvalue weighted by molar-refractivity contribution is 5.74. The van der Waals surface area contributed by atoms with Gasteiger partial charge < -0.3 is 9.84 Å². The zero-order chi connectivity index (χ0) is 21.8. The molecule has 0 aliphatic heterocycles. The average Bonchev–Trinajstić information content (AvgIpc) is 2.83. The first-order valence-electron chi connectivity index (χ1n) is 9.24. The molecule has 0 bridgehead atoms. The quantitative estimate of drug-likeness (QED) is 0.480. The van der Waals surface area contributed by atoms with E-state index in [0.717, 1.165) is 5.56 Å². The Hall–Kier alpha value is -4.75. The maximum atomic E-state index is 10.5. The van der Waals surface area contributed by atoms with Crippen LogP contribution in [0.5, 0.6) is 11.5 Å². The number of phenols is 1. The maximum absolute atomic E-state index is 10.5. The predicted molar refractivity (Wildman–Crippen MR) is 115 cm³/mol. The summed E-state index contributed by atoms with van der Waals surface area (Å²) < 4.78 is 5.15. The van der Waals surface area contributed by atoms with Gasteiger partial charge in [0.25, 0.3) is 0 Å². The lowest BCUT2D eigenvalue weighted by atomic mass is 10.1. The fourth-order valence-electron chi connectivity index (χ4n) is 3.04. The lowest BCUT2D eigenvalue weighted by molar-refractivity contribution is 0.408. The molecule has 0 atom stereocenters. The predicted octanol–water partition coefficient (Wildman–Crippen LogP) is 5.01. The molecule has 7 nitrogen and oxygen atoms in total. The molecule has 0 radical (unpaired) electrons. The minimum atomic E-state index is -0.0501. The van der Waals surface area contributed by atoms with E-state index in [9.17, 15) is 10.4 Å². The van der Waals surface area contributed by atoms with Crippen molar-refractivity contribution in [2.24, 2.45) is 0 Å². The summed E-state index contributed by atoms with van der Waals surface area (Å²) in [7, 11) is 1.51. The Labute approximate surface area is 178 Å². The largest absolute Gasteiger partial charge is 0.507 e. The van der Waals surface area contributed by atoms with Crippen LogP contribution in [0.4, 0.5) is 5.69 Å². The first-order valence-corrected chi connectivity index (χ1v) is 9.24. The molecule has 0 unspecified atom stereocenters. The first kappa shape index (κ1) is 19.6. The topological polar surface area (TPSA) is 96.3 Å². The van der Waals surface area contributed by atoms with Gasteiger partial charge in [0.05, 0.1) is 30.9 Å². The second-order valence-corrected chi connectivity index (χ2v) is 6.51. The minimum Gasteiger partial charge on any atom is -0.507 e. The molecule has 31 heavy (non-hydrogen) atoms. The van der Waals surface area contributed by atoms with E-state index in [2.05, 4.69) is 25.9 Å². The molecule has 0 fully saturated rings. The molecule has 1 aromatic heterocycles. The monoisotopic (exact) mass is 405 g/mol. The third-order valence-electron chi connectivity index (χ3n) is 4.61. The third kappa shape index (κ3) is 3.89. The number of nitriles is 1. The van der Waals surface area contributed by atoms with E-state index >= 15 is 0 Å². The summed E-state index contributed by atoms with van der Waals surface area (Å²) in [6.45, 7) is 7.29. The molecular weight excluding hydrogens is 390 g/mol. The number of benzene rings is 3. The summed E-state index contributed by atoms with van der Waals surface area (Å²) in [5.74, 6) is 1.30. The number of methoxy groups -OCH3 is 1. The van der Waals surface area contributed by atoms with Gasteiger partial charge in [-0.05, 0) is 18.2 Å². The van der Waals surface area contributed by atoms with Crippen LogP contribution in [0.15, 0.2) is 66.7 Å². The molecule has 0 saturated carbocycles. The molecule has 7 heteroatoms. The molecule has 4 rings (SSSR count). The number of aromatic hydroxyl groups is 1. The molecule has 4 aromatic rings. The summed E-state index contributed by atoms with van der Waals surface area (Å²) in [4.78, 5) is 17.1. The fraction of sp³-hybridized carbons (Fsp3) is 0.0417. The van der Waals surface area contributed by atoms with E-state index in [1.165, 1.54) is 13.2 Å². The van der Waals surface area contributed by atoms with Crippen LogP contribution in [0, 0.1) is 17.9 Å². The number of hydrogen-bond acceptors (Lipinski definition) is 6. The van der Waals surface area contributed by atoms with Gasteiger partial charge in [0.15, 0.2) is 23.2 Å². The van der Waals surface area contributed by atoms with Gasteiger partial charge in [0, 0.05) is 17.2 Å². The van der Waals surface area contributed by atoms with Gasteiger partial charge in [0.2, 0.25) is 0 Å². The zero-order valence-electron chi connectivity index (χ0n) is 16.4. The number of rotatable bonds is 4. The van der Waals surface area contributed by atoms with Crippen molar-refractivity contribution < 1.29 is 9.84 Å². The van der Waals surface area contributed by atoms with Crippen LogP contribution >= 0.6 is 0 Å². The molecule has 3 aromatic carbocycles. The molecule has 0 aliphatic carbocycles. The average molecular weight is 405 g/mol. The molecule has 0 spiro atoms. The summed E-state index contributed by atoms with van der Waals surface area (Å²) in [6.07, 6.45) is 0. The number of phenolic OH excluding ortho intramolecular Hbond substituents is 1. The van der Waals surface area contributed by atoms with E-state index < -0.39 is 0 Å². The Morgan fingerprint density at radius 2 is 1.61 bits per heavy atom. The lowest BCUT2D eigenvalue weighted by Gasteiger charge is -2.11. The highest BCUT2D eigenvalue weighted by Gasteiger charge is 2.17. The number of nitrogens with zero attached hydrogens (tertiary/aromatic N) is 5. The van der Waals surface area contributed by atoms with Crippen molar-refractivity contribution in [3.63, 3.8) is 0 Å². The Morgan fingerprint density at radius 3 is 2.26 bits per heavy atom. The number of hydrogen-bond donors (Lipinski definition) is 1. The molecule has 0 aliphatic rings. The molecule has 1 heterocycles. The molecule has 0 saturated heterocycles. The van der Waals surface area contributed by atoms with Crippen LogP contribution < -0.4 is 4.74 Å². The van der Waals surface area contributed by atoms with E-state index in [-0.39, 0.29) is 17.4 Å². The van der Waals surface area contributed by atoms with E-state index in [1.54, 1.807) is 30.3 Å². The van der Waals surface area contributed by atoms with Crippen LogP contribution in [0.25, 0.3) is 39.0 Å². The van der Waals surface area contributed by atoms with Crippen molar-refractivity contribution in [1.82, 2.24) is 15.0 Å².